The fraction of sp³-hybridized carbons (Fsp3) is 0.444. The second kappa shape index (κ2) is 8.96. The van der Waals surface area contributed by atoms with Crippen molar-refractivity contribution in [2.75, 3.05) is 13.7 Å². The maximum atomic E-state index is 5.86. The summed E-state index contributed by atoms with van der Waals surface area (Å²) in [7, 11) is 3.69. The molecule has 0 saturated heterocycles. The van der Waals surface area contributed by atoms with Gasteiger partial charge in [-0.25, -0.2) is 0 Å². The summed E-state index contributed by atoms with van der Waals surface area (Å²) in [6.07, 6.45) is 2.78. The minimum atomic E-state index is 0.657. The average molecular weight is 329 g/mol. The summed E-state index contributed by atoms with van der Waals surface area (Å²) in [6, 6.07) is 8.26. The lowest BCUT2D eigenvalue weighted by Crippen LogP contribution is -2.36. The van der Waals surface area contributed by atoms with Crippen LogP contribution in [-0.2, 0) is 20.1 Å². The van der Waals surface area contributed by atoms with E-state index in [4.69, 9.17) is 4.74 Å². The molecule has 2 N–H and O–H groups in total. The molecule has 0 amide bonds. The van der Waals surface area contributed by atoms with E-state index >= 15 is 0 Å². The number of aromatic nitrogens is 2. The van der Waals surface area contributed by atoms with E-state index in [1.807, 2.05) is 17.8 Å². The second-order valence-corrected chi connectivity index (χ2v) is 5.69. The van der Waals surface area contributed by atoms with Crippen molar-refractivity contribution in [3.05, 3.63) is 47.3 Å². The van der Waals surface area contributed by atoms with Gasteiger partial charge in [-0.2, -0.15) is 5.10 Å². The van der Waals surface area contributed by atoms with Gasteiger partial charge >= 0.3 is 0 Å². The third kappa shape index (κ3) is 5.01. The number of benzene rings is 1. The number of hydrogen-bond acceptors (Lipinski definition) is 3. The molecule has 130 valence electrons. The lowest BCUT2D eigenvalue weighted by atomic mass is 10.1. The summed E-state index contributed by atoms with van der Waals surface area (Å²) >= 11 is 0. The molecule has 0 spiro atoms. The lowest BCUT2D eigenvalue weighted by molar-refractivity contribution is 0.313. The Hall–Kier alpha value is -2.50. The fourth-order valence-electron chi connectivity index (χ4n) is 2.30. The van der Waals surface area contributed by atoms with Crippen LogP contribution < -0.4 is 15.4 Å². The smallest absolute Gasteiger partial charge is 0.191 e. The Morgan fingerprint density at radius 2 is 2.04 bits per heavy atom. The van der Waals surface area contributed by atoms with E-state index < -0.39 is 0 Å². The molecule has 0 fully saturated rings. The fourth-order valence-corrected chi connectivity index (χ4v) is 2.30. The highest BCUT2D eigenvalue weighted by molar-refractivity contribution is 5.79. The van der Waals surface area contributed by atoms with Crippen LogP contribution in [0.5, 0.6) is 5.75 Å². The Kier molecular flexibility index (Phi) is 6.66. The number of nitrogens with zero attached hydrogens (tertiary/aromatic N) is 3. The SMILES string of the molecule is CCCOc1cc(C)ccc1CNC(=NC)NCc1ccnn1C. The van der Waals surface area contributed by atoms with Crippen LogP contribution in [0.3, 0.4) is 0 Å². The third-order valence-electron chi connectivity index (χ3n) is 3.71. The highest BCUT2D eigenvalue weighted by Gasteiger charge is 2.06. The minimum absolute atomic E-state index is 0.657. The van der Waals surface area contributed by atoms with Crippen molar-refractivity contribution >= 4 is 5.96 Å². The number of ether oxygens (including phenoxy) is 1. The van der Waals surface area contributed by atoms with Crippen molar-refractivity contribution in [3.8, 4) is 5.75 Å². The van der Waals surface area contributed by atoms with Crippen LogP contribution in [0.15, 0.2) is 35.5 Å². The highest BCUT2D eigenvalue weighted by Crippen LogP contribution is 2.20. The van der Waals surface area contributed by atoms with Gasteiger partial charge in [0.15, 0.2) is 5.96 Å². The van der Waals surface area contributed by atoms with Crippen molar-refractivity contribution < 1.29 is 4.74 Å². The van der Waals surface area contributed by atoms with E-state index in [2.05, 4.69) is 52.8 Å². The molecule has 2 aromatic rings. The minimum Gasteiger partial charge on any atom is -0.493 e. The molecule has 0 aliphatic carbocycles. The highest BCUT2D eigenvalue weighted by atomic mass is 16.5. The quantitative estimate of drug-likeness (QED) is 0.605. The Morgan fingerprint density at radius 3 is 2.71 bits per heavy atom. The Bertz CT molecular complexity index is 678. The Labute approximate surface area is 143 Å². The molecule has 24 heavy (non-hydrogen) atoms. The summed E-state index contributed by atoms with van der Waals surface area (Å²) in [6.45, 7) is 6.24. The molecule has 0 aliphatic heterocycles. The van der Waals surface area contributed by atoms with E-state index in [1.54, 1.807) is 13.2 Å². The van der Waals surface area contributed by atoms with E-state index in [9.17, 15) is 0 Å². The molecule has 1 aromatic heterocycles. The maximum absolute atomic E-state index is 5.86. The van der Waals surface area contributed by atoms with Gasteiger partial charge in [0.05, 0.1) is 18.8 Å². The number of rotatable bonds is 7. The van der Waals surface area contributed by atoms with Gasteiger partial charge in [-0.05, 0) is 31.0 Å². The lowest BCUT2D eigenvalue weighted by Gasteiger charge is -2.15. The number of aryl methyl sites for hydroxylation is 2. The van der Waals surface area contributed by atoms with E-state index in [-0.39, 0.29) is 0 Å². The zero-order chi connectivity index (χ0) is 17.4. The summed E-state index contributed by atoms with van der Waals surface area (Å²) in [5.74, 6) is 1.68. The molecule has 6 heteroatoms. The van der Waals surface area contributed by atoms with E-state index in [1.165, 1.54) is 5.56 Å². The first-order valence-corrected chi connectivity index (χ1v) is 8.27. The van der Waals surface area contributed by atoms with Crippen molar-refractivity contribution in [2.24, 2.45) is 12.0 Å². The molecular weight excluding hydrogens is 302 g/mol. The predicted octanol–water partition coefficient (Wildman–Crippen LogP) is 2.38. The first kappa shape index (κ1) is 17.8. The van der Waals surface area contributed by atoms with Crippen LogP contribution in [0.4, 0.5) is 0 Å². The predicted molar refractivity (Wildman–Crippen MR) is 97.2 cm³/mol. The number of aliphatic imine (C=N–C) groups is 1. The first-order chi connectivity index (χ1) is 11.6. The molecule has 0 radical (unpaired) electrons. The Morgan fingerprint density at radius 1 is 1.25 bits per heavy atom. The topological polar surface area (TPSA) is 63.5 Å². The van der Waals surface area contributed by atoms with Gasteiger partial charge in [-0.1, -0.05) is 19.1 Å². The third-order valence-corrected chi connectivity index (χ3v) is 3.71. The van der Waals surface area contributed by atoms with Crippen molar-refractivity contribution in [2.45, 2.75) is 33.4 Å². The van der Waals surface area contributed by atoms with E-state index in [0.717, 1.165) is 36.0 Å². The average Bonchev–Trinajstić information content (AvgIpc) is 2.99. The van der Waals surface area contributed by atoms with Crippen molar-refractivity contribution in [3.63, 3.8) is 0 Å². The maximum Gasteiger partial charge on any atom is 0.191 e. The van der Waals surface area contributed by atoms with Crippen LogP contribution in [-0.4, -0.2) is 29.4 Å². The van der Waals surface area contributed by atoms with Gasteiger partial charge in [-0.15, -0.1) is 0 Å². The van der Waals surface area contributed by atoms with Crippen LogP contribution in [0.2, 0.25) is 0 Å². The van der Waals surface area contributed by atoms with Crippen LogP contribution >= 0.6 is 0 Å². The summed E-state index contributed by atoms with van der Waals surface area (Å²) in [4.78, 5) is 4.27. The molecular formula is C18H27N5O. The van der Waals surface area contributed by atoms with Crippen LogP contribution in [0.1, 0.15) is 30.2 Å². The second-order valence-electron chi connectivity index (χ2n) is 5.69. The molecule has 0 saturated carbocycles. The largest absolute Gasteiger partial charge is 0.493 e. The van der Waals surface area contributed by atoms with Gasteiger partial charge in [0, 0.05) is 32.4 Å². The standard InChI is InChI=1S/C18H27N5O/c1-5-10-24-17-11-14(2)6-7-15(17)12-20-18(19-3)21-13-16-8-9-22-23(16)4/h6-9,11H,5,10,12-13H2,1-4H3,(H2,19,20,21). The van der Waals surface area contributed by atoms with Gasteiger partial charge in [-0.3, -0.25) is 9.67 Å². The summed E-state index contributed by atoms with van der Waals surface area (Å²) in [5.41, 5.74) is 3.42. The molecule has 0 atom stereocenters. The van der Waals surface area contributed by atoms with Crippen molar-refractivity contribution in [1.82, 2.24) is 20.4 Å². The molecule has 6 nitrogen and oxygen atoms in total. The number of nitrogens with one attached hydrogen (secondary N) is 2. The van der Waals surface area contributed by atoms with E-state index in [0.29, 0.717) is 13.1 Å². The zero-order valence-corrected chi connectivity index (χ0v) is 15.0. The molecule has 2 rings (SSSR count). The first-order valence-electron chi connectivity index (χ1n) is 8.27. The molecule has 0 aliphatic rings. The van der Waals surface area contributed by atoms with Gasteiger partial charge < -0.3 is 15.4 Å². The number of guanidine groups is 1. The Balaban J connectivity index is 1.94. The number of hydrogen-bond donors (Lipinski definition) is 2. The van der Waals surface area contributed by atoms with Crippen LogP contribution in [0, 0.1) is 6.92 Å². The summed E-state index contributed by atoms with van der Waals surface area (Å²) in [5, 5.41) is 10.8. The van der Waals surface area contributed by atoms with Crippen LogP contribution in [0.25, 0.3) is 0 Å². The monoisotopic (exact) mass is 329 g/mol. The molecule has 1 aromatic carbocycles. The normalized spacial score (nSPS) is 11.4. The van der Waals surface area contributed by atoms with Gasteiger partial charge in [0.2, 0.25) is 0 Å². The molecule has 1 heterocycles. The van der Waals surface area contributed by atoms with Crippen molar-refractivity contribution in [1.29, 1.82) is 0 Å². The van der Waals surface area contributed by atoms with Gasteiger partial charge in [0.25, 0.3) is 0 Å². The van der Waals surface area contributed by atoms with Gasteiger partial charge in [0.1, 0.15) is 5.75 Å². The molecule has 0 unspecified atom stereocenters. The zero-order valence-electron chi connectivity index (χ0n) is 15.0. The molecule has 0 bridgehead atoms. The summed E-state index contributed by atoms with van der Waals surface area (Å²) < 4.78 is 7.70.